The van der Waals surface area contributed by atoms with E-state index in [4.69, 9.17) is 13.7 Å². The van der Waals surface area contributed by atoms with Crippen LogP contribution in [0.15, 0.2) is 74.4 Å². The molecule has 1 unspecified atom stereocenters. The van der Waals surface area contributed by atoms with Crippen LogP contribution in [0.1, 0.15) is 29.9 Å². The highest BCUT2D eigenvalue weighted by Crippen LogP contribution is 2.32. The number of oxazole rings is 1. The molecule has 2 aromatic heterocycles. The Balaban J connectivity index is 1.80. The van der Waals surface area contributed by atoms with Crippen LogP contribution in [0.25, 0.3) is 17.3 Å². The molecule has 0 radical (unpaired) electrons. The minimum absolute atomic E-state index is 0.0155. The number of aryl methyl sites for hydroxylation is 1. The van der Waals surface area contributed by atoms with E-state index in [0.717, 1.165) is 15.9 Å². The topological polar surface area (TPSA) is 90.6 Å². The van der Waals surface area contributed by atoms with Gasteiger partial charge in [0.1, 0.15) is 17.4 Å². The molecule has 7 heteroatoms. The zero-order valence-corrected chi connectivity index (χ0v) is 16.0. The number of hydrogen-bond acceptors (Lipinski definition) is 6. The lowest BCUT2D eigenvalue weighted by molar-refractivity contribution is 0.0873. The van der Waals surface area contributed by atoms with E-state index in [9.17, 15) is 9.90 Å². The van der Waals surface area contributed by atoms with Crippen molar-refractivity contribution >= 4 is 0 Å². The number of benzene rings is 2. The van der Waals surface area contributed by atoms with E-state index < -0.39 is 17.6 Å². The molecule has 1 atom stereocenters. The molecule has 2 heterocycles. The molecule has 0 spiro atoms. The summed E-state index contributed by atoms with van der Waals surface area (Å²) in [6.07, 6.45) is -0.764. The molecular formula is C22H20N2O5. The van der Waals surface area contributed by atoms with Crippen LogP contribution in [-0.2, 0) is 4.74 Å². The summed E-state index contributed by atoms with van der Waals surface area (Å²) in [6, 6.07) is 18.5. The molecule has 4 rings (SSSR count). The van der Waals surface area contributed by atoms with Crippen LogP contribution in [0.4, 0.5) is 0 Å². The standard InChI is InChI=1S/C22H20N2O5/c1-3-27-18(15-10-6-4-7-11-15)17-21(25)24(29-22(17)26)19-14(2)28-20(23-19)16-12-8-5-9-13-16/h4-13,18,26H,3H2,1-2H3. The predicted octanol–water partition coefficient (Wildman–Crippen LogP) is 4.23. The maximum absolute atomic E-state index is 13.1. The molecule has 2 aromatic carbocycles. The number of aromatic hydroxyl groups is 1. The van der Waals surface area contributed by atoms with Crippen LogP contribution in [0.3, 0.4) is 0 Å². The average molecular weight is 392 g/mol. The molecular weight excluding hydrogens is 372 g/mol. The van der Waals surface area contributed by atoms with Crippen LogP contribution >= 0.6 is 0 Å². The Morgan fingerprint density at radius 3 is 2.41 bits per heavy atom. The molecule has 0 aliphatic rings. The first kappa shape index (κ1) is 18.8. The monoisotopic (exact) mass is 392 g/mol. The van der Waals surface area contributed by atoms with E-state index >= 15 is 0 Å². The number of nitrogens with zero attached hydrogens (tertiary/aromatic N) is 2. The molecule has 0 aliphatic heterocycles. The molecule has 0 aliphatic carbocycles. The van der Waals surface area contributed by atoms with Crippen LogP contribution in [0, 0.1) is 6.92 Å². The van der Waals surface area contributed by atoms with Crippen molar-refractivity contribution < 1.29 is 18.8 Å². The number of ether oxygens (including phenoxy) is 1. The van der Waals surface area contributed by atoms with Gasteiger partial charge in [0, 0.05) is 12.2 Å². The SMILES string of the molecule is CCOC(c1ccccc1)c1c(O)on(-c2nc(-c3ccccc3)oc2C)c1=O. The van der Waals surface area contributed by atoms with Gasteiger partial charge in [0.25, 0.3) is 5.56 Å². The fourth-order valence-electron chi connectivity index (χ4n) is 3.16. The summed E-state index contributed by atoms with van der Waals surface area (Å²) in [5, 5.41) is 10.4. The number of aromatic nitrogens is 2. The smallest absolute Gasteiger partial charge is 0.317 e. The first-order chi connectivity index (χ1) is 14.1. The van der Waals surface area contributed by atoms with Crippen LogP contribution in [0.5, 0.6) is 5.95 Å². The molecule has 0 fully saturated rings. The van der Waals surface area contributed by atoms with Gasteiger partial charge in [0.2, 0.25) is 11.7 Å². The average Bonchev–Trinajstić information content (AvgIpc) is 3.27. The Hall–Kier alpha value is -3.58. The first-order valence-electron chi connectivity index (χ1n) is 9.25. The fraction of sp³-hybridized carbons (Fsp3) is 0.182. The quantitative estimate of drug-likeness (QED) is 0.528. The fourth-order valence-corrected chi connectivity index (χ4v) is 3.16. The van der Waals surface area contributed by atoms with Crippen molar-refractivity contribution in [2.75, 3.05) is 6.61 Å². The van der Waals surface area contributed by atoms with E-state index in [1.54, 1.807) is 6.92 Å². The second-order valence-electron chi connectivity index (χ2n) is 6.42. The highest BCUT2D eigenvalue weighted by molar-refractivity contribution is 5.54. The highest BCUT2D eigenvalue weighted by Gasteiger charge is 2.29. The third-order valence-corrected chi connectivity index (χ3v) is 4.51. The largest absolute Gasteiger partial charge is 0.479 e. The maximum Gasteiger partial charge on any atom is 0.317 e. The van der Waals surface area contributed by atoms with Gasteiger partial charge in [0.05, 0.1) is 0 Å². The Kier molecular flexibility index (Phi) is 5.05. The van der Waals surface area contributed by atoms with Crippen molar-refractivity contribution in [3.8, 4) is 23.2 Å². The molecule has 0 saturated carbocycles. The Labute approximate surface area is 166 Å². The van der Waals surface area contributed by atoms with Gasteiger partial charge in [-0.3, -0.25) is 4.79 Å². The third-order valence-electron chi connectivity index (χ3n) is 4.51. The van der Waals surface area contributed by atoms with Crippen molar-refractivity contribution in [2.45, 2.75) is 20.0 Å². The molecule has 4 aromatic rings. The Bertz CT molecular complexity index is 1160. The molecule has 29 heavy (non-hydrogen) atoms. The lowest BCUT2D eigenvalue weighted by Crippen LogP contribution is -2.21. The second-order valence-corrected chi connectivity index (χ2v) is 6.42. The van der Waals surface area contributed by atoms with Crippen molar-refractivity contribution in [2.24, 2.45) is 0 Å². The number of hydrogen-bond donors (Lipinski definition) is 1. The van der Waals surface area contributed by atoms with Crippen molar-refractivity contribution in [1.29, 1.82) is 0 Å². The van der Waals surface area contributed by atoms with E-state index in [0.29, 0.717) is 18.3 Å². The van der Waals surface area contributed by atoms with Gasteiger partial charge in [-0.05, 0) is 31.5 Å². The van der Waals surface area contributed by atoms with Gasteiger partial charge in [-0.15, -0.1) is 4.74 Å². The summed E-state index contributed by atoms with van der Waals surface area (Å²) >= 11 is 0. The van der Waals surface area contributed by atoms with Gasteiger partial charge >= 0.3 is 5.95 Å². The van der Waals surface area contributed by atoms with Gasteiger partial charge in [-0.25, -0.2) is 0 Å². The summed E-state index contributed by atoms with van der Waals surface area (Å²) in [5.74, 6) is 0.408. The first-order valence-corrected chi connectivity index (χ1v) is 9.25. The van der Waals surface area contributed by atoms with Crippen molar-refractivity contribution in [3.63, 3.8) is 0 Å². The second kappa shape index (κ2) is 7.81. The minimum atomic E-state index is -0.764. The van der Waals surface area contributed by atoms with E-state index in [1.807, 2.05) is 67.6 Å². The summed E-state index contributed by atoms with van der Waals surface area (Å²) in [7, 11) is 0. The van der Waals surface area contributed by atoms with Gasteiger partial charge < -0.3 is 18.8 Å². The molecule has 1 N–H and O–H groups in total. The van der Waals surface area contributed by atoms with Crippen molar-refractivity contribution in [1.82, 2.24) is 9.72 Å². The van der Waals surface area contributed by atoms with E-state index in [1.165, 1.54) is 0 Å². The summed E-state index contributed by atoms with van der Waals surface area (Å²) in [6.45, 7) is 3.85. The molecule has 0 saturated heterocycles. The lowest BCUT2D eigenvalue weighted by atomic mass is 10.0. The maximum atomic E-state index is 13.1. The van der Waals surface area contributed by atoms with E-state index in [2.05, 4.69) is 4.98 Å². The molecule has 0 amide bonds. The summed E-state index contributed by atoms with van der Waals surface area (Å²) in [4.78, 5) is 17.5. The summed E-state index contributed by atoms with van der Waals surface area (Å²) in [5.41, 5.74) is 0.960. The van der Waals surface area contributed by atoms with Crippen LogP contribution < -0.4 is 5.56 Å². The van der Waals surface area contributed by atoms with Crippen LogP contribution in [-0.4, -0.2) is 21.4 Å². The van der Waals surface area contributed by atoms with Crippen molar-refractivity contribution in [3.05, 3.63) is 87.9 Å². The third kappa shape index (κ3) is 3.48. The van der Waals surface area contributed by atoms with Gasteiger partial charge in [-0.2, -0.15) is 4.98 Å². The molecule has 0 bridgehead atoms. The van der Waals surface area contributed by atoms with E-state index in [-0.39, 0.29) is 11.4 Å². The van der Waals surface area contributed by atoms with Crippen LogP contribution in [0.2, 0.25) is 0 Å². The number of rotatable bonds is 6. The summed E-state index contributed by atoms with van der Waals surface area (Å²) < 4.78 is 17.8. The lowest BCUT2D eigenvalue weighted by Gasteiger charge is -2.14. The molecule has 7 nitrogen and oxygen atoms in total. The van der Waals surface area contributed by atoms with Gasteiger partial charge in [0.15, 0.2) is 0 Å². The zero-order chi connectivity index (χ0) is 20.4. The minimum Gasteiger partial charge on any atom is -0.479 e. The highest BCUT2D eigenvalue weighted by atomic mass is 16.6. The predicted molar refractivity (Wildman–Crippen MR) is 106 cm³/mol. The zero-order valence-electron chi connectivity index (χ0n) is 16.0. The Morgan fingerprint density at radius 2 is 1.76 bits per heavy atom. The molecule has 148 valence electrons. The normalized spacial score (nSPS) is 12.2. The Morgan fingerprint density at radius 1 is 1.10 bits per heavy atom. The van der Waals surface area contributed by atoms with Gasteiger partial charge in [-0.1, -0.05) is 48.5 Å².